The van der Waals surface area contributed by atoms with E-state index in [2.05, 4.69) is 10.4 Å². The average molecular weight is 308 g/mol. The number of ketones is 1. The van der Waals surface area contributed by atoms with E-state index in [1.807, 2.05) is 38.7 Å². The van der Waals surface area contributed by atoms with E-state index in [1.165, 1.54) is 16.2 Å². The smallest absolute Gasteiger partial charge is 0.410 e. The summed E-state index contributed by atoms with van der Waals surface area (Å²) < 4.78 is 7.03. The molecule has 0 bridgehead atoms. The molecule has 0 radical (unpaired) electrons. The summed E-state index contributed by atoms with van der Waals surface area (Å²) in [6, 6.07) is 0. The van der Waals surface area contributed by atoms with E-state index in [9.17, 15) is 9.59 Å². The highest BCUT2D eigenvalue weighted by atomic mass is 16.6. The number of aromatic nitrogens is 2. The zero-order valence-corrected chi connectivity index (χ0v) is 13.7. The van der Waals surface area contributed by atoms with E-state index in [-0.39, 0.29) is 12.3 Å². The molecule has 1 saturated heterocycles. The minimum Gasteiger partial charge on any atom is -0.444 e. The second-order valence-electron chi connectivity index (χ2n) is 6.53. The number of carbonyl (C=O) groups excluding carboxylic acids is 2. The molecule has 0 saturated carbocycles. The van der Waals surface area contributed by atoms with Crippen LogP contribution in [0.1, 0.15) is 38.4 Å². The molecule has 0 spiro atoms. The first-order valence-corrected chi connectivity index (χ1v) is 7.46. The van der Waals surface area contributed by atoms with Crippen LogP contribution < -0.4 is 5.32 Å². The fraction of sp³-hybridized carbons (Fsp3) is 0.667. The molecule has 3 heterocycles. The molecule has 1 N–H and O–H groups in total. The van der Waals surface area contributed by atoms with Crippen LogP contribution in [0.15, 0.2) is 6.20 Å². The molecule has 0 unspecified atom stereocenters. The number of rotatable bonds is 0. The van der Waals surface area contributed by atoms with Gasteiger partial charge in [-0.05, 0) is 20.8 Å². The van der Waals surface area contributed by atoms with Crippen molar-refractivity contribution in [3.05, 3.63) is 17.5 Å². The largest absolute Gasteiger partial charge is 0.444 e. The summed E-state index contributed by atoms with van der Waals surface area (Å²) in [5, 5.41) is 7.36. The van der Waals surface area contributed by atoms with Crippen LogP contribution in [0.2, 0.25) is 0 Å². The van der Waals surface area contributed by atoms with Gasteiger partial charge in [-0.15, -0.1) is 0 Å². The van der Waals surface area contributed by atoms with E-state index in [4.69, 9.17) is 4.74 Å². The number of nitrogens with zero attached hydrogens (tertiary/aromatic N) is 3. The highest BCUT2D eigenvalue weighted by Gasteiger charge is 2.27. The van der Waals surface area contributed by atoms with E-state index in [0.29, 0.717) is 13.0 Å². The molecule has 22 heavy (non-hydrogen) atoms. The van der Waals surface area contributed by atoms with Crippen molar-refractivity contribution in [2.75, 3.05) is 13.1 Å². The lowest BCUT2D eigenvalue weighted by atomic mass is 10.2. The normalized spacial score (nSPS) is 17.1. The first kappa shape index (κ1) is 16.5. The van der Waals surface area contributed by atoms with Gasteiger partial charge in [0.15, 0.2) is 5.78 Å². The van der Waals surface area contributed by atoms with Crippen LogP contribution in [0.25, 0.3) is 0 Å². The fourth-order valence-electron chi connectivity index (χ4n) is 2.31. The molecular weight excluding hydrogens is 284 g/mol. The second kappa shape index (κ2) is 6.48. The molecule has 122 valence electrons. The molecule has 1 aromatic rings. The quantitative estimate of drug-likeness (QED) is 0.780. The van der Waals surface area contributed by atoms with Gasteiger partial charge in [0.1, 0.15) is 5.60 Å². The Kier molecular flexibility index (Phi) is 4.85. The average Bonchev–Trinajstić information content (AvgIpc) is 3.08. The second-order valence-corrected chi connectivity index (χ2v) is 6.53. The number of ether oxygens (including phenoxy) is 1. The van der Waals surface area contributed by atoms with Gasteiger partial charge < -0.3 is 15.0 Å². The minimum atomic E-state index is -0.483. The Labute approximate surface area is 130 Å². The van der Waals surface area contributed by atoms with Gasteiger partial charge in [-0.1, -0.05) is 0 Å². The van der Waals surface area contributed by atoms with Gasteiger partial charge in [-0.3, -0.25) is 9.48 Å². The maximum absolute atomic E-state index is 11.4. The number of fused-ring (bicyclic) bond motifs is 1. The van der Waals surface area contributed by atoms with E-state index in [0.717, 1.165) is 13.1 Å². The predicted molar refractivity (Wildman–Crippen MR) is 81.2 cm³/mol. The fourth-order valence-corrected chi connectivity index (χ4v) is 2.31. The highest BCUT2D eigenvalue weighted by molar-refractivity contribution is 5.87. The highest BCUT2D eigenvalue weighted by Crippen LogP contribution is 2.13. The van der Waals surface area contributed by atoms with Crippen molar-refractivity contribution in [1.82, 2.24) is 20.0 Å². The molecule has 2 aliphatic rings. The van der Waals surface area contributed by atoms with E-state index in [1.54, 1.807) is 0 Å². The Hall–Kier alpha value is -1.89. The Morgan fingerprint density at radius 3 is 2.64 bits per heavy atom. The standard InChI is InChI=1S/C9H15NO3.C6H9N3/c1-9(2,3)13-8(12)10-5-4-7(11)6-10;1-9-6-4-7-2-5(6)3-8-9/h4-6H2,1-3H3;3,7H,2,4H2,1H3. The van der Waals surface area contributed by atoms with E-state index >= 15 is 0 Å². The number of amides is 1. The maximum atomic E-state index is 11.4. The monoisotopic (exact) mass is 308 g/mol. The SMILES string of the molecule is CC(C)(C)OC(=O)N1CCC(=O)C1.Cn1ncc2c1CNC2. The third kappa shape index (κ3) is 4.30. The zero-order valence-electron chi connectivity index (χ0n) is 13.7. The molecule has 7 nitrogen and oxygen atoms in total. The number of hydrogen-bond acceptors (Lipinski definition) is 5. The van der Waals surface area contributed by atoms with Gasteiger partial charge in [-0.25, -0.2) is 4.79 Å². The molecule has 1 aromatic heterocycles. The molecule has 1 amide bonds. The summed E-state index contributed by atoms with van der Waals surface area (Å²) in [5.41, 5.74) is 2.19. The van der Waals surface area contributed by atoms with Crippen molar-refractivity contribution >= 4 is 11.9 Å². The van der Waals surface area contributed by atoms with Crippen LogP contribution in [-0.2, 0) is 29.7 Å². The molecule has 0 aromatic carbocycles. The number of Topliss-reactive ketones (excluding diaryl/α,β-unsaturated/α-hetero) is 1. The maximum Gasteiger partial charge on any atom is 0.410 e. The lowest BCUT2D eigenvalue weighted by Crippen LogP contribution is -2.35. The van der Waals surface area contributed by atoms with Crippen LogP contribution in [0.4, 0.5) is 4.79 Å². The van der Waals surface area contributed by atoms with Crippen LogP contribution >= 0.6 is 0 Å². The molecule has 7 heteroatoms. The van der Waals surface area contributed by atoms with Gasteiger partial charge >= 0.3 is 6.09 Å². The molecule has 0 atom stereocenters. The van der Waals surface area contributed by atoms with Gasteiger partial charge in [0.05, 0.1) is 18.4 Å². The molecule has 3 rings (SSSR count). The van der Waals surface area contributed by atoms with Crippen molar-refractivity contribution in [3.8, 4) is 0 Å². The van der Waals surface area contributed by atoms with E-state index < -0.39 is 11.7 Å². The lowest BCUT2D eigenvalue weighted by Gasteiger charge is -2.23. The summed E-state index contributed by atoms with van der Waals surface area (Å²) in [4.78, 5) is 23.7. The minimum absolute atomic E-state index is 0.103. The van der Waals surface area contributed by atoms with Crippen LogP contribution in [0, 0.1) is 0 Å². The molecule has 1 fully saturated rings. The van der Waals surface area contributed by atoms with Gasteiger partial charge in [0.2, 0.25) is 0 Å². The number of likely N-dealkylation sites (tertiary alicyclic amines) is 1. The van der Waals surface area contributed by atoms with Crippen molar-refractivity contribution in [2.45, 2.75) is 45.9 Å². The Balaban J connectivity index is 0.000000170. The number of hydrogen-bond donors (Lipinski definition) is 1. The number of aryl methyl sites for hydroxylation is 1. The summed E-state index contributed by atoms with van der Waals surface area (Å²) >= 11 is 0. The molecule has 2 aliphatic heterocycles. The summed E-state index contributed by atoms with van der Waals surface area (Å²) in [7, 11) is 1.98. The molecule has 0 aliphatic carbocycles. The summed E-state index contributed by atoms with van der Waals surface area (Å²) in [6.45, 7) is 8.09. The van der Waals surface area contributed by atoms with Crippen molar-refractivity contribution in [3.63, 3.8) is 0 Å². The zero-order chi connectivity index (χ0) is 16.3. The van der Waals surface area contributed by atoms with Crippen LogP contribution in [0.5, 0.6) is 0 Å². The third-order valence-corrected chi connectivity index (χ3v) is 3.44. The predicted octanol–water partition coefficient (Wildman–Crippen LogP) is 1.22. The first-order chi connectivity index (χ1) is 10.3. The van der Waals surface area contributed by atoms with Crippen molar-refractivity contribution < 1.29 is 14.3 Å². The number of carbonyl (C=O) groups is 2. The Morgan fingerprint density at radius 2 is 2.09 bits per heavy atom. The van der Waals surface area contributed by atoms with Crippen molar-refractivity contribution in [2.24, 2.45) is 7.05 Å². The van der Waals surface area contributed by atoms with Gasteiger partial charge in [0.25, 0.3) is 0 Å². The first-order valence-electron chi connectivity index (χ1n) is 7.46. The summed E-state index contributed by atoms with van der Waals surface area (Å²) in [6.07, 6.45) is 1.99. The lowest BCUT2D eigenvalue weighted by molar-refractivity contribution is -0.116. The van der Waals surface area contributed by atoms with Crippen LogP contribution in [-0.4, -0.2) is 45.2 Å². The number of nitrogens with one attached hydrogen (secondary N) is 1. The third-order valence-electron chi connectivity index (χ3n) is 3.44. The topological polar surface area (TPSA) is 76.5 Å². The van der Waals surface area contributed by atoms with Gasteiger partial charge in [0, 0.05) is 38.7 Å². The molecular formula is C15H24N4O3. The Bertz CT molecular complexity index is 560. The van der Waals surface area contributed by atoms with Gasteiger partial charge in [-0.2, -0.15) is 5.10 Å². The van der Waals surface area contributed by atoms with Crippen molar-refractivity contribution in [1.29, 1.82) is 0 Å². The Morgan fingerprint density at radius 1 is 1.36 bits per heavy atom. The van der Waals surface area contributed by atoms with Crippen LogP contribution in [0.3, 0.4) is 0 Å². The summed E-state index contributed by atoms with van der Waals surface area (Å²) in [5.74, 6) is 0.103.